The van der Waals surface area contributed by atoms with Gasteiger partial charge in [-0.3, -0.25) is 4.21 Å². The Hall–Kier alpha value is -0.0431. The third-order valence-corrected chi connectivity index (χ3v) is 7.52. The lowest BCUT2D eigenvalue weighted by Crippen LogP contribution is -2.27. The molecule has 3 atom stereocenters. The fourth-order valence-electron chi connectivity index (χ4n) is 2.40. The highest BCUT2D eigenvalue weighted by Gasteiger charge is 2.23. The molecule has 1 aromatic rings. The van der Waals surface area contributed by atoms with Gasteiger partial charge in [0.05, 0.1) is 10.8 Å². The number of rotatable bonds is 11. The van der Waals surface area contributed by atoms with Gasteiger partial charge in [0.1, 0.15) is 11.9 Å². The smallest absolute Gasteiger partial charge is 0.184 e. The van der Waals surface area contributed by atoms with E-state index in [2.05, 4.69) is 19.6 Å². The first kappa shape index (κ1) is 20.0. The molecule has 1 heterocycles. The Kier molecular flexibility index (Phi) is 9.05. The second-order valence-corrected chi connectivity index (χ2v) is 13.9. The van der Waals surface area contributed by atoms with Crippen LogP contribution in [0.4, 0.5) is 0 Å². The van der Waals surface area contributed by atoms with Gasteiger partial charge in [0.2, 0.25) is 0 Å². The molecule has 6 heteroatoms. The molecule has 0 aliphatic heterocycles. The molecule has 0 N–H and O–H groups in total. The standard InChI is InChI=1S/C16H30O3S2Si/c1-20-16(21(2)17)12-8-6-7-10-15(19-22(3,4)5)14-11-9-13-18-14/h9,11,13,15-16H,6-8,10,12H2,1-5H3. The normalized spacial score (nSPS) is 16.4. The van der Waals surface area contributed by atoms with Crippen molar-refractivity contribution in [3.8, 4) is 0 Å². The summed E-state index contributed by atoms with van der Waals surface area (Å²) in [5.74, 6) is 0.944. The van der Waals surface area contributed by atoms with Crippen LogP contribution in [0.1, 0.15) is 44.0 Å². The van der Waals surface area contributed by atoms with Crippen LogP contribution in [0.15, 0.2) is 22.8 Å². The Morgan fingerprint density at radius 3 is 2.45 bits per heavy atom. The molecule has 0 spiro atoms. The molecule has 0 bridgehead atoms. The maximum absolute atomic E-state index is 11.5. The van der Waals surface area contributed by atoms with E-state index in [4.69, 9.17) is 8.84 Å². The molecule has 1 aromatic heterocycles. The minimum Gasteiger partial charge on any atom is -0.467 e. The Morgan fingerprint density at radius 2 is 1.95 bits per heavy atom. The van der Waals surface area contributed by atoms with Crippen LogP contribution in [0, 0.1) is 0 Å². The van der Waals surface area contributed by atoms with Crippen molar-refractivity contribution in [3.05, 3.63) is 24.2 Å². The van der Waals surface area contributed by atoms with E-state index in [1.807, 2.05) is 18.4 Å². The summed E-state index contributed by atoms with van der Waals surface area (Å²) in [6.07, 6.45) is 11.1. The van der Waals surface area contributed by atoms with Gasteiger partial charge in [-0.2, -0.15) is 0 Å². The average molecular weight is 363 g/mol. The summed E-state index contributed by atoms with van der Waals surface area (Å²) in [7, 11) is -2.31. The van der Waals surface area contributed by atoms with Crippen molar-refractivity contribution in [2.75, 3.05) is 12.5 Å². The van der Waals surface area contributed by atoms with Crippen LogP contribution >= 0.6 is 11.8 Å². The molecule has 3 nitrogen and oxygen atoms in total. The SMILES string of the molecule is CSC(CCCCCC(O[Si](C)(C)C)c1ccco1)S(C)=O. The van der Waals surface area contributed by atoms with Crippen molar-refractivity contribution in [1.82, 2.24) is 0 Å². The lowest BCUT2D eigenvalue weighted by molar-refractivity contribution is 0.155. The van der Waals surface area contributed by atoms with Gasteiger partial charge in [0.15, 0.2) is 8.32 Å². The molecule has 0 saturated carbocycles. The first-order valence-electron chi connectivity index (χ1n) is 7.89. The van der Waals surface area contributed by atoms with Crippen LogP contribution in [0.25, 0.3) is 0 Å². The summed E-state index contributed by atoms with van der Waals surface area (Å²) in [5.41, 5.74) is 0. The third kappa shape index (κ3) is 7.99. The summed E-state index contributed by atoms with van der Waals surface area (Å²) in [4.78, 5) is 0. The van der Waals surface area contributed by atoms with E-state index < -0.39 is 19.1 Å². The van der Waals surface area contributed by atoms with Crippen LogP contribution in [0.3, 0.4) is 0 Å². The van der Waals surface area contributed by atoms with Gasteiger partial charge < -0.3 is 8.84 Å². The summed E-state index contributed by atoms with van der Waals surface area (Å²) in [6, 6.07) is 3.93. The Bertz CT molecular complexity index is 429. The molecule has 0 amide bonds. The molecule has 0 radical (unpaired) electrons. The second kappa shape index (κ2) is 9.95. The first-order chi connectivity index (χ1) is 10.3. The lowest BCUT2D eigenvalue weighted by atomic mass is 10.1. The zero-order valence-corrected chi connectivity index (χ0v) is 17.1. The van der Waals surface area contributed by atoms with E-state index in [-0.39, 0.29) is 10.7 Å². The average Bonchev–Trinajstić information content (AvgIpc) is 2.93. The quantitative estimate of drug-likeness (QED) is 0.401. The molecular formula is C16H30O3S2Si. The number of thioether (sulfide) groups is 1. The summed E-state index contributed by atoms with van der Waals surface area (Å²) in [5, 5.41) is 0. The van der Waals surface area contributed by atoms with Crippen LogP contribution in [-0.2, 0) is 15.2 Å². The monoisotopic (exact) mass is 362 g/mol. The van der Waals surface area contributed by atoms with Crippen molar-refractivity contribution in [2.24, 2.45) is 0 Å². The Balaban J connectivity index is 2.37. The van der Waals surface area contributed by atoms with E-state index in [1.165, 1.54) is 0 Å². The zero-order chi connectivity index (χ0) is 16.6. The predicted molar refractivity (Wildman–Crippen MR) is 100 cm³/mol. The zero-order valence-electron chi connectivity index (χ0n) is 14.5. The number of unbranched alkanes of at least 4 members (excludes halogenated alkanes) is 2. The van der Waals surface area contributed by atoms with Gasteiger partial charge in [0.25, 0.3) is 0 Å². The maximum Gasteiger partial charge on any atom is 0.184 e. The third-order valence-electron chi connectivity index (χ3n) is 3.40. The summed E-state index contributed by atoms with van der Waals surface area (Å²) >= 11 is 1.71. The van der Waals surface area contributed by atoms with Gasteiger partial charge >= 0.3 is 0 Å². The van der Waals surface area contributed by atoms with Crippen LogP contribution in [-0.4, -0.2) is 29.6 Å². The molecule has 22 heavy (non-hydrogen) atoms. The maximum atomic E-state index is 11.5. The van der Waals surface area contributed by atoms with Gasteiger partial charge in [-0.05, 0) is 50.9 Å². The van der Waals surface area contributed by atoms with E-state index >= 15 is 0 Å². The Labute approximate surface area is 143 Å². The minimum absolute atomic E-state index is 0.0818. The van der Waals surface area contributed by atoms with E-state index in [0.717, 1.165) is 37.9 Å². The lowest BCUT2D eigenvalue weighted by Gasteiger charge is -2.25. The molecule has 128 valence electrons. The Morgan fingerprint density at radius 1 is 1.27 bits per heavy atom. The van der Waals surface area contributed by atoms with Gasteiger partial charge in [-0.1, -0.05) is 19.3 Å². The van der Waals surface area contributed by atoms with E-state index in [9.17, 15) is 4.21 Å². The van der Waals surface area contributed by atoms with E-state index in [0.29, 0.717) is 0 Å². The fourth-order valence-corrected chi connectivity index (χ4v) is 5.47. The first-order valence-corrected chi connectivity index (χ1v) is 14.2. The summed E-state index contributed by atoms with van der Waals surface area (Å²) < 4.78 is 23.6. The molecule has 0 saturated heterocycles. The topological polar surface area (TPSA) is 39.4 Å². The van der Waals surface area contributed by atoms with Gasteiger partial charge in [-0.25, -0.2) is 0 Å². The molecule has 0 aliphatic carbocycles. The number of furan rings is 1. The molecule has 0 aliphatic rings. The minimum atomic E-state index is -1.59. The number of hydrogen-bond acceptors (Lipinski definition) is 4. The summed E-state index contributed by atoms with van der Waals surface area (Å²) in [6.45, 7) is 6.63. The highest BCUT2D eigenvalue weighted by atomic mass is 32.2. The van der Waals surface area contributed by atoms with Crippen LogP contribution in [0.5, 0.6) is 0 Å². The highest BCUT2D eigenvalue weighted by molar-refractivity contribution is 8.10. The molecule has 3 unspecified atom stereocenters. The van der Waals surface area contributed by atoms with Crippen molar-refractivity contribution >= 4 is 30.9 Å². The van der Waals surface area contributed by atoms with Crippen molar-refractivity contribution in [2.45, 2.75) is 62.4 Å². The largest absolute Gasteiger partial charge is 0.467 e. The van der Waals surface area contributed by atoms with E-state index in [1.54, 1.807) is 24.3 Å². The van der Waals surface area contributed by atoms with Crippen molar-refractivity contribution in [3.63, 3.8) is 0 Å². The predicted octanol–water partition coefficient (Wildman–Crippen LogP) is 5.19. The fraction of sp³-hybridized carbons (Fsp3) is 0.750. The van der Waals surface area contributed by atoms with Crippen LogP contribution < -0.4 is 0 Å². The molecular weight excluding hydrogens is 332 g/mol. The van der Waals surface area contributed by atoms with Gasteiger partial charge in [-0.15, -0.1) is 11.8 Å². The van der Waals surface area contributed by atoms with Crippen molar-refractivity contribution < 1.29 is 13.1 Å². The molecule has 0 aromatic carbocycles. The molecule has 1 rings (SSSR count). The van der Waals surface area contributed by atoms with Crippen molar-refractivity contribution in [1.29, 1.82) is 0 Å². The van der Waals surface area contributed by atoms with Gasteiger partial charge in [0, 0.05) is 17.1 Å². The van der Waals surface area contributed by atoms with Crippen LogP contribution in [0.2, 0.25) is 19.6 Å². The molecule has 0 fully saturated rings. The second-order valence-electron chi connectivity index (χ2n) is 6.54. The highest BCUT2D eigenvalue weighted by Crippen LogP contribution is 2.28. The number of hydrogen-bond donors (Lipinski definition) is 0.